The van der Waals surface area contributed by atoms with Gasteiger partial charge in [-0.05, 0) is 44.5 Å². The summed E-state index contributed by atoms with van der Waals surface area (Å²) >= 11 is 0. The van der Waals surface area contributed by atoms with Crippen molar-refractivity contribution in [1.82, 2.24) is 9.29 Å². The van der Waals surface area contributed by atoms with Crippen molar-refractivity contribution in [2.75, 3.05) is 33.1 Å². The minimum Gasteiger partial charge on any atom is -0.495 e. The van der Waals surface area contributed by atoms with Gasteiger partial charge in [0.1, 0.15) is 16.3 Å². The number of ether oxygens (including phenoxy) is 2. The van der Waals surface area contributed by atoms with E-state index >= 15 is 0 Å². The quantitative estimate of drug-likeness (QED) is 0.660. The van der Waals surface area contributed by atoms with Crippen LogP contribution in [0.4, 0.5) is 5.69 Å². The standard InChI is InChI=1S/C19H25N3O6S/c1-7-28-19(24)16-11(2)17(20-12(16)3)18(23)21-13-8-9-14(27-6)15(10-13)29(25,26)22(4)5/h8-10,20H,7H2,1-6H3,(H,21,23). The van der Waals surface area contributed by atoms with Crippen molar-refractivity contribution in [3.8, 4) is 5.75 Å². The third kappa shape index (κ3) is 4.43. The minimum atomic E-state index is -3.78. The van der Waals surface area contributed by atoms with E-state index in [1.807, 2.05) is 0 Å². The van der Waals surface area contributed by atoms with Crippen LogP contribution < -0.4 is 10.1 Å². The van der Waals surface area contributed by atoms with E-state index < -0.39 is 21.9 Å². The van der Waals surface area contributed by atoms with E-state index in [1.54, 1.807) is 20.8 Å². The van der Waals surface area contributed by atoms with Gasteiger partial charge in [-0.1, -0.05) is 0 Å². The molecule has 9 nitrogen and oxygen atoms in total. The van der Waals surface area contributed by atoms with E-state index in [-0.39, 0.29) is 28.6 Å². The molecule has 1 heterocycles. The Kier molecular flexibility index (Phi) is 6.70. The lowest BCUT2D eigenvalue weighted by molar-refractivity contribution is 0.0525. The molecule has 0 fully saturated rings. The molecular formula is C19H25N3O6S. The highest BCUT2D eigenvalue weighted by Crippen LogP contribution is 2.29. The second kappa shape index (κ2) is 8.66. The number of methoxy groups -OCH3 is 1. The molecule has 0 aliphatic heterocycles. The largest absolute Gasteiger partial charge is 0.495 e. The van der Waals surface area contributed by atoms with Crippen LogP contribution in [0.25, 0.3) is 0 Å². The lowest BCUT2D eigenvalue weighted by atomic mass is 10.1. The maximum Gasteiger partial charge on any atom is 0.340 e. The van der Waals surface area contributed by atoms with E-state index in [0.29, 0.717) is 16.8 Å². The summed E-state index contributed by atoms with van der Waals surface area (Å²) in [6.07, 6.45) is 0. The average Bonchev–Trinajstić information content (AvgIpc) is 2.96. The molecule has 0 unspecified atom stereocenters. The molecule has 1 amide bonds. The number of benzene rings is 1. The molecule has 2 N–H and O–H groups in total. The summed E-state index contributed by atoms with van der Waals surface area (Å²) in [5, 5.41) is 2.65. The Balaban J connectivity index is 2.40. The number of esters is 1. The molecule has 0 aliphatic carbocycles. The summed E-state index contributed by atoms with van der Waals surface area (Å²) in [6.45, 7) is 5.23. The van der Waals surface area contributed by atoms with Crippen LogP contribution in [0.3, 0.4) is 0 Å². The van der Waals surface area contributed by atoms with Gasteiger partial charge in [-0.15, -0.1) is 0 Å². The number of aryl methyl sites for hydroxylation is 1. The molecule has 0 saturated carbocycles. The molecular weight excluding hydrogens is 398 g/mol. The molecule has 158 valence electrons. The first-order valence-corrected chi connectivity index (χ1v) is 10.3. The van der Waals surface area contributed by atoms with Gasteiger partial charge in [0.05, 0.1) is 19.3 Å². The molecule has 0 atom stereocenters. The van der Waals surface area contributed by atoms with Crippen molar-refractivity contribution in [3.05, 3.63) is 40.7 Å². The number of carbonyl (C=O) groups is 2. The molecule has 1 aromatic carbocycles. The van der Waals surface area contributed by atoms with Crippen LogP contribution in [0.2, 0.25) is 0 Å². The fourth-order valence-corrected chi connectivity index (χ4v) is 3.91. The zero-order valence-electron chi connectivity index (χ0n) is 17.2. The lowest BCUT2D eigenvalue weighted by Gasteiger charge is -2.16. The summed E-state index contributed by atoms with van der Waals surface area (Å²) in [7, 11) is 0.392. The fourth-order valence-electron chi connectivity index (χ4n) is 2.83. The summed E-state index contributed by atoms with van der Waals surface area (Å²) in [5.41, 5.74) is 1.73. The van der Waals surface area contributed by atoms with E-state index in [2.05, 4.69) is 10.3 Å². The van der Waals surface area contributed by atoms with E-state index in [9.17, 15) is 18.0 Å². The summed E-state index contributed by atoms with van der Waals surface area (Å²) in [5.74, 6) is -0.866. The van der Waals surface area contributed by atoms with E-state index in [0.717, 1.165) is 4.31 Å². The van der Waals surface area contributed by atoms with E-state index in [4.69, 9.17) is 9.47 Å². The number of amides is 1. The van der Waals surface area contributed by atoms with Crippen LogP contribution >= 0.6 is 0 Å². The van der Waals surface area contributed by atoms with Gasteiger partial charge in [0.2, 0.25) is 10.0 Å². The van der Waals surface area contributed by atoms with Gasteiger partial charge in [-0.25, -0.2) is 17.5 Å². The Morgan fingerprint density at radius 3 is 2.41 bits per heavy atom. The number of H-pyrrole nitrogens is 1. The van der Waals surface area contributed by atoms with Gasteiger partial charge in [0, 0.05) is 25.5 Å². The van der Waals surface area contributed by atoms with E-state index in [1.165, 1.54) is 39.4 Å². The molecule has 0 aliphatic rings. The SMILES string of the molecule is CCOC(=O)c1c(C)[nH]c(C(=O)Nc2ccc(OC)c(S(=O)(=O)N(C)C)c2)c1C. The second-order valence-electron chi connectivity index (χ2n) is 6.45. The molecule has 2 rings (SSSR count). The Hall–Kier alpha value is -2.85. The summed E-state index contributed by atoms with van der Waals surface area (Å²) < 4.78 is 36.3. The van der Waals surface area contributed by atoms with Crippen molar-refractivity contribution >= 4 is 27.6 Å². The van der Waals surface area contributed by atoms with Crippen LogP contribution in [0.1, 0.15) is 39.0 Å². The number of hydrogen-bond acceptors (Lipinski definition) is 6. The molecule has 0 saturated heterocycles. The van der Waals surface area contributed by atoms with Gasteiger partial charge in [-0.2, -0.15) is 0 Å². The molecule has 1 aromatic heterocycles. The van der Waals surface area contributed by atoms with Gasteiger partial charge < -0.3 is 19.8 Å². The van der Waals surface area contributed by atoms with Crippen LogP contribution in [0, 0.1) is 13.8 Å². The number of anilines is 1. The maximum atomic E-state index is 12.7. The van der Waals surface area contributed by atoms with Gasteiger partial charge in [0.15, 0.2) is 0 Å². The summed E-state index contributed by atoms with van der Waals surface area (Å²) in [4.78, 5) is 27.7. The highest BCUT2D eigenvalue weighted by Gasteiger charge is 2.25. The highest BCUT2D eigenvalue weighted by molar-refractivity contribution is 7.89. The third-order valence-corrected chi connectivity index (χ3v) is 6.16. The van der Waals surface area contributed by atoms with Crippen LogP contribution in [0.5, 0.6) is 5.75 Å². The number of carbonyl (C=O) groups excluding carboxylic acids is 2. The summed E-state index contributed by atoms with van der Waals surface area (Å²) in [6, 6.07) is 4.31. The third-order valence-electron chi connectivity index (χ3n) is 4.32. The molecule has 29 heavy (non-hydrogen) atoms. The lowest BCUT2D eigenvalue weighted by Crippen LogP contribution is -2.23. The Bertz CT molecular complexity index is 1040. The Labute approximate surface area is 170 Å². The Morgan fingerprint density at radius 1 is 1.21 bits per heavy atom. The molecule has 0 bridgehead atoms. The second-order valence-corrected chi connectivity index (χ2v) is 8.57. The van der Waals surface area contributed by atoms with Crippen molar-refractivity contribution in [3.63, 3.8) is 0 Å². The predicted molar refractivity (Wildman–Crippen MR) is 108 cm³/mol. The number of aromatic amines is 1. The number of nitrogens with zero attached hydrogens (tertiary/aromatic N) is 1. The normalized spacial score (nSPS) is 11.4. The zero-order valence-corrected chi connectivity index (χ0v) is 18.1. The first-order chi connectivity index (χ1) is 13.5. The minimum absolute atomic E-state index is 0.0746. The van der Waals surface area contributed by atoms with Crippen molar-refractivity contribution in [2.45, 2.75) is 25.7 Å². The number of nitrogens with one attached hydrogen (secondary N) is 2. The van der Waals surface area contributed by atoms with Crippen molar-refractivity contribution < 1.29 is 27.5 Å². The monoisotopic (exact) mass is 423 g/mol. The smallest absolute Gasteiger partial charge is 0.340 e. The number of rotatable bonds is 7. The fraction of sp³-hybridized carbons (Fsp3) is 0.368. The van der Waals surface area contributed by atoms with Crippen LogP contribution in [-0.4, -0.2) is 57.4 Å². The number of aromatic nitrogens is 1. The highest BCUT2D eigenvalue weighted by atomic mass is 32.2. The van der Waals surface area contributed by atoms with Crippen LogP contribution in [-0.2, 0) is 14.8 Å². The molecule has 2 aromatic rings. The zero-order chi connectivity index (χ0) is 21.9. The number of hydrogen-bond donors (Lipinski definition) is 2. The molecule has 10 heteroatoms. The predicted octanol–water partition coefficient (Wildman–Crippen LogP) is 2.32. The van der Waals surface area contributed by atoms with Crippen molar-refractivity contribution in [1.29, 1.82) is 0 Å². The van der Waals surface area contributed by atoms with Crippen molar-refractivity contribution in [2.24, 2.45) is 0 Å². The molecule has 0 radical (unpaired) electrons. The van der Waals surface area contributed by atoms with Gasteiger partial charge in [-0.3, -0.25) is 4.79 Å². The topological polar surface area (TPSA) is 118 Å². The first-order valence-electron chi connectivity index (χ1n) is 8.82. The number of sulfonamides is 1. The van der Waals surface area contributed by atoms with Gasteiger partial charge in [0.25, 0.3) is 5.91 Å². The maximum absolute atomic E-state index is 12.7. The average molecular weight is 423 g/mol. The van der Waals surface area contributed by atoms with Gasteiger partial charge >= 0.3 is 5.97 Å². The van der Waals surface area contributed by atoms with Crippen LogP contribution in [0.15, 0.2) is 23.1 Å². The first kappa shape index (κ1) is 22.4. The molecule has 0 spiro atoms. The Morgan fingerprint density at radius 2 is 1.86 bits per heavy atom.